The van der Waals surface area contributed by atoms with Crippen molar-refractivity contribution < 1.29 is 10.2 Å². The lowest BCUT2D eigenvalue weighted by molar-refractivity contribution is 0.0133. The maximum Gasteiger partial charge on any atom is 0.0868 e. The Kier molecular flexibility index (Phi) is 1.34. The first kappa shape index (κ1) is 8.02. The lowest BCUT2D eigenvalue weighted by atomic mass is 9.83. The molecule has 0 aromatic heterocycles. The molecule has 0 unspecified atom stereocenters. The summed E-state index contributed by atoms with van der Waals surface area (Å²) in [4.78, 5) is 0. The first-order valence-electron chi connectivity index (χ1n) is 4.27. The maximum absolute atomic E-state index is 9.85. The van der Waals surface area contributed by atoms with E-state index in [2.05, 4.69) is 0 Å². The average Bonchev–Trinajstić information content (AvgIpc) is 2.36. The van der Waals surface area contributed by atoms with Gasteiger partial charge in [0.15, 0.2) is 0 Å². The number of hydrogen-bond acceptors (Lipinski definition) is 2. The predicted octanol–water partition coefficient (Wildman–Crippen LogP) is 0.860. The minimum Gasteiger partial charge on any atom is -0.385 e. The summed E-state index contributed by atoms with van der Waals surface area (Å²) >= 11 is 0. The summed E-state index contributed by atoms with van der Waals surface area (Å²) in [6.45, 7) is 3.56. The minimum absolute atomic E-state index is 0.0486. The van der Waals surface area contributed by atoms with E-state index in [9.17, 15) is 10.2 Å². The molecule has 2 nitrogen and oxygen atoms in total. The summed E-state index contributed by atoms with van der Waals surface area (Å²) in [5.41, 5.74) is -1.55. The Morgan fingerprint density at radius 1 is 0.917 bits per heavy atom. The minimum atomic E-state index is -0.776. The van der Waals surface area contributed by atoms with E-state index >= 15 is 0 Å². The highest BCUT2D eigenvalue weighted by molar-refractivity contribution is 5.31. The molecule has 0 spiro atoms. The molecule has 0 heterocycles. The molecule has 2 aliphatic rings. The van der Waals surface area contributed by atoms with Crippen molar-refractivity contribution in [2.75, 3.05) is 0 Å². The number of aliphatic hydroxyl groups is 2. The van der Waals surface area contributed by atoms with E-state index in [0.29, 0.717) is 0 Å². The molecule has 0 saturated carbocycles. The van der Waals surface area contributed by atoms with E-state index < -0.39 is 11.2 Å². The third-order valence-corrected chi connectivity index (χ3v) is 3.02. The first-order chi connectivity index (χ1) is 5.43. The quantitative estimate of drug-likeness (QED) is 0.524. The largest absolute Gasteiger partial charge is 0.385 e. The van der Waals surface area contributed by atoms with Crippen molar-refractivity contribution in [3.05, 3.63) is 24.3 Å². The first-order valence-corrected chi connectivity index (χ1v) is 4.27. The zero-order valence-corrected chi connectivity index (χ0v) is 7.36. The lowest BCUT2D eigenvalue weighted by Crippen LogP contribution is -2.36. The van der Waals surface area contributed by atoms with Crippen LogP contribution in [0.25, 0.3) is 0 Å². The van der Waals surface area contributed by atoms with Crippen molar-refractivity contribution in [2.45, 2.75) is 25.0 Å². The van der Waals surface area contributed by atoms with E-state index in [1.807, 2.05) is 12.2 Å². The Hall–Kier alpha value is -0.600. The number of rotatable bonds is 0. The van der Waals surface area contributed by atoms with Crippen LogP contribution in [-0.4, -0.2) is 21.4 Å². The van der Waals surface area contributed by atoms with E-state index in [0.717, 1.165) is 0 Å². The van der Waals surface area contributed by atoms with Crippen LogP contribution in [0.5, 0.6) is 0 Å². The van der Waals surface area contributed by atoms with Crippen molar-refractivity contribution >= 4 is 0 Å². The summed E-state index contributed by atoms with van der Waals surface area (Å²) < 4.78 is 0. The van der Waals surface area contributed by atoms with Gasteiger partial charge in [-0.15, -0.1) is 0 Å². The zero-order chi connectivity index (χ0) is 8.98. The Labute approximate surface area is 72.2 Å². The second-order valence-electron chi connectivity index (χ2n) is 4.22. The smallest absolute Gasteiger partial charge is 0.0868 e. The fourth-order valence-electron chi connectivity index (χ4n) is 2.18. The molecule has 0 aromatic carbocycles. The topological polar surface area (TPSA) is 40.5 Å². The highest BCUT2D eigenvalue weighted by Crippen LogP contribution is 2.45. The molecule has 0 bridgehead atoms. The predicted molar refractivity (Wildman–Crippen MR) is 46.5 cm³/mol. The normalized spacial score (nSPS) is 56.3. The maximum atomic E-state index is 9.85. The van der Waals surface area contributed by atoms with Gasteiger partial charge in [0.05, 0.1) is 11.2 Å². The van der Waals surface area contributed by atoms with Crippen LogP contribution < -0.4 is 0 Å². The summed E-state index contributed by atoms with van der Waals surface area (Å²) in [6, 6.07) is 0. The molecule has 2 heteroatoms. The molecule has 12 heavy (non-hydrogen) atoms. The fraction of sp³-hybridized carbons (Fsp3) is 0.600. The van der Waals surface area contributed by atoms with Gasteiger partial charge in [0.25, 0.3) is 0 Å². The van der Waals surface area contributed by atoms with Gasteiger partial charge < -0.3 is 10.2 Å². The van der Waals surface area contributed by atoms with Gasteiger partial charge in [-0.05, 0) is 13.8 Å². The molecule has 0 saturated heterocycles. The molecule has 2 rings (SSSR count). The van der Waals surface area contributed by atoms with Crippen molar-refractivity contribution in [1.29, 1.82) is 0 Å². The third-order valence-electron chi connectivity index (χ3n) is 3.02. The lowest BCUT2D eigenvalue weighted by Gasteiger charge is -2.28. The molecule has 2 N–H and O–H groups in total. The second-order valence-corrected chi connectivity index (χ2v) is 4.22. The van der Waals surface area contributed by atoms with Crippen LogP contribution in [-0.2, 0) is 0 Å². The Bertz CT molecular complexity index is 233. The van der Waals surface area contributed by atoms with Gasteiger partial charge in [-0.3, -0.25) is 0 Å². The van der Waals surface area contributed by atoms with Crippen LogP contribution >= 0.6 is 0 Å². The van der Waals surface area contributed by atoms with E-state index in [4.69, 9.17) is 0 Å². The highest BCUT2D eigenvalue weighted by Gasteiger charge is 2.48. The standard InChI is InChI=1S/C10H14O2/c1-9(11)5-3-8-7(9)4-6-10(8,2)12/h3-8,11-12H,1-2H3/t7-,8-,9+,10+/m1/s1. The fourth-order valence-corrected chi connectivity index (χ4v) is 2.18. The van der Waals surface area contributed by atoms with E-state index in [1.54, 1.807) is 26.0 Å². The van der Waals surface area contributed by atoms with Crippen LogP contribution in [0.15, 0.2) is 24.3 Å². The van der Waals surface area contributed by atoms with Gasteiger partial charge in [0.2, 0.25) is 0 Å². The van der Waals surface area contributed by atoms with Crippen LogP contribution in [0.4, 0.5) is 0 Å². The van der Waals surface area contributed by atoms with Crippen LogP contribution in [0, 0.1) is 11.8 Å². The van der Waals surface area contributed by atoms with Crippen molar-refractivity contribution in [1.82, 2.24) is 0 Å². The molecule has 4 atom stereocenters. The van der Waals surface area contributed by atoms with Gasteiger partial charge in [0.1, 0.15) is 0 Å². The second kappa shape index (κ2) is 2.01. The summed E-state index contributed by atoms with van der Waals surface area (Å²) in [6.07, 6.45) is 7.37. The van der Waals surface area contributed by atoms with E-state index in [-0.39, 0.29) is 11.8 Å². The van der Waals surface area contributed by atoms with Crippen LogP contribution in [0.3, 0.4) is 0 Å². The highest BCUT2D eigenvalue weighted by atomic mass is 16.3. The molecule has 66 valence electrons. The van der Waals surface area contributed by atoms with Crippen molar-refractivity contribution in [3.8, 4) is 0 Å². The average molecular weight is 166 g/mol. The molecule has 0 amide bonds. The summed E-state index contributed by atoms with van der Waals surface area (Å²) in [5, 5.41) is 19.7. The third kappa shape index (κ3) is 0.883. The Morgan fingerprint density at radius 3 is 1.58 bits per heavy atom. The molecule has 0 fully saturated rings. The Balaban J connectivity index is 2.35. The van der Waals surface area contributed by atoms with Gasteiger partial charge in [-0.1, -0.05) is 24.3 Å². The SMILES string of the molecule is C[C@]1(O)C=C[C@@H]2[C@H]1C=C[C@]2(C)O. The molecule has 0 radical (unpaired) electrons. The van der Waals surface area contributed by atoms with Gasteiger partial charge in [-0.25, -0.2) is 0 Å². The monoisotopic (exact) mass is 166 g/mol. The van der Waals surface area contributed by atoms with Crippen LogP contribution in [0.1, 0.15) is 13.8 Å². The van der Waals surface area contributed by atoms with Crippen molar-refractivity contribution in [2.24, 2.45) is 11.8 Å². The molecule has 0 aliphatic heterocycles. The molecular weight excluding hydrogens is 152 g/mol. The summed E-state index contributed by atoms with van der Waals surface area (Å²) in [7, 11) is 0. The van der Waals surface area contributed by atoms with Crippen LogP contribution in [0.2, 0.25) is 0 Å². The van der Waals surface area contributed by atoms with Gasteiger partial charge in [0, 0.05) is 11.8 Å². The number of hydrogen-bond donors (Lipinski definition) is 2. The zero-order valence-electron chi connectivity index (χ0n) is 7.36. The summed E-state index contributed by atoms with van der Waals surface area (Å²) in [5.74, 6) is 0.0972. The van der Waals surface area contributed by atoms with Gasteiger partial charge >= 0.3 is 0 Å². The van der Waals surface area contributed by atoms with Gasteiger partial charge in [-0.2, -0.15) is 0 Å². The molecule has 2 aliphatic carbocycles. The van der Waals surface area contributed by atoms with Crippen molar-refractivity contribution in [3.63, 3.8) is 0 Å². The molecular formula is C10H14O2. The van der Waals surface area contributed by atoms with E-state index in [1.165, 1.54) is 0 Å². The molecule has 0 aromatic rings. The number of fused-ring (bicyclic) bond motifs is 1. The Morgan fingerprint density at radius 2 is 1.25 bits per heavy atom.